The van der Waals surface area contributed by atoms with Crippen LogP contribution in [0.4, 0.5) is 0 Å². The van der Waals surface area contributed by atoms with Crippen molar-refractivity contribution in [3.8, 4) is 0 Å². The van der Waals surface area contributed by atoms with Crippen LogP contribution in [0.5, 0.6) is 0 Å². The quantitative estimate of drug-likeness (QED) is 0.485. The van der Waals surface area contributed by atoms with Crippen LogP contribution in [0.3, 0.4) is 0 Å². The third-order valence-corrected chi connectivity index (χ3v) is 2.32. The largest absolute Gasteiger partial charge is 0.378 e. The minimum atomic E-state index is 0.496. The van der Waals surface area contributed by atoms with Gasteiger partial charge in [0.1, 0.15) is 0 Å². The highest BCUT2D eigenvalue weighted by atomic mass is 16.5. The Labute approximate surface area is 57.4 Å². The van der Waals surface area contributed by atoms with Gasteiger partial charge in [0.2, 0.25) is 0 Å². The maximum atomic E-state index is 5.46. The van der Waals surface area contributed by atoms with E-state index >= 15 is 0 Å². The van der Waals surface area contributed by atoms with Crippen LogP contribution in [-0.4, -0.2) is 12.7 Å². The fourth-order valence-corrected chi connectivity index (χ4v) is 1.30. The first kappa shape index (κ1) is 7.07. The zero-order valence-corrected chi connectivity index (χ0v) is 6.55. The average Bonchev–Trinajstić information content (AvgIpc) is 1.80. The van der Waals surface area contributed by atoms with Crippen LogP contribution in [-0.2, 0) is 4.74 Å². The van der Waals surface area contributed by atoms with Crippen molar-refractivity contribution in [1.29, 1.82) is 0 Å². The fourth-order valence-electron chi connectivity index (χ4n) is 1.30. The van der Waals surface area contributed by atoms with Crippen LogP contribution in [0.2, 0.25) is 0 Å². The van der Waals surface area contributed by atoms with E-state index < -0.39 is 0 Å². The minimum absolute atomic E-state index is 0.496. The van der Waals surface area contributed by atoms with E-state index in [1.165, 1.54) is 6.42 Å². The van der Waals surface area contributed by atoms with Gasteiger partial charge in [-0.05, 0) is 25.2 Å². The van der Waals surface area contributed by atoms with E-state index in [0.717, 1.165) is 18.4 Å². The summed E-state index contributed by atoms with van der Waals surface area (Å²) in [6, 6.07) is 0. The van der Waals surface area contributed by atoms with Gasteiger partial charge in [0.25, 0.3) is 0 Å². The minimum Gasteiger partial charge on any atom is -0.378 e. The Morgan fingerprint density at radius 3 is 2.22 bits per heavy atom. The molecule has 0 aromatic heterocycles. The molecule has 3 atom stereocenters. The summed E-state index contributed by atoms with van der Waals surface area (Å²) >= 11 is 0. The smallest absolute Gasteiger partial charge is 0.0549 e. The molecule has 0 spiro atoms. The molecule has 0 saturated carbocycles. The number of hydrogen-bond acceptors (Lipinski definition) is 1. The van der Waals surface area contributed by atoms with Crippen molar-refractivity contribution in [3.63, 3.8) is 0 Å². The second-order valence-corrected chi connectivity index (χ2v) is 3.33. The van der Waals surface area contributed by atoms with Crippen LogP contribution < -0.4 is 0 Å². The second-order valence-electron chi connectivity index (χ2n) is 3.33. The van der Waals surface area contributed by atoms with Crippen molar-refractivity contribution in [2.75, 3.05) is 6.61 Å². The summed E-state index contributed by atoms with van der Waals surface area (Å²) < 4.78 is 5.46. The Morgan fingerprint density at radius 2 is 1.78 bits per heavy atom. The molecular weight excluding hydrogens is 112 g/mol. The van der Waals surface area contributed by atoms with Gasteiger partial charge in [-0.15, -0.1) is 0 Å². The van der Waals surface area contributed by atoms with E-state index in [1.807, 2.05) is 0 Å². The summed E-state index contributed by atoms with van der Waals surface area (Å²) in [5.74, 6) is 1.62. The standard InChI is InChI=1S/C8H16O/c1-6-4-8(3)9-5-7(6)2/h6-8H,4-5H2,1-3H3/t6?,7?,8-/m0/s1. The topological polar surface area (TPSA) is 9.23 Å². The predicted octanol–water partition coefficient (Wildman–Crippen LogP) is 2.07. The monoisotopic (exact) mass is 128 g/mol. The molecule has 2 unspecified atom stereocenters. The number of ether oxygens (including phenoxy) is 1. The van der Waals surface area contributed by atoms with E-state index in [2.05, 4.69) is 20.8 Å². The first-order valence-corrected chi connectivity index (χ1v) is 3.81. The second kappa shape index (κ2) is 2.70. The highest BCUT2D eigenvalue weighted by molar-refractivity contribution is 4.70. The van der Waals surface area contributed by atoms with Gasteiger partial charge in [-0.2, -0.15) is 0 Å². The Morgan fingerprint density at radius 1 is 1.11 bits per heavy atom. The summed E-state index contributed by atoms with van der Waals surface area (Å²) in [7, 11) is 0. The maximum absolute atomic E-state index is 5.46. The van der Waals surface area contributed by atoms with Crippen molar-refractivity contribution >= 4 is 0 Å². The van der Waals surface area contributed by atoms with Crippen molar-refractivity contribution in [2.45, 2.75) is 33.3 Å². The highest BCUT2D eigenvalue weighted by Gasteiger charge is 2.21. The van der Waals surface area contributed by atoms with Crippen molar-refractivity contribution in [2.24, 2.45) is 11.8 Å². The Kier molecular flexibility index (Phi) is 2.12. The molecule has 0 amide bonds. The molecule has 0 aliphatic carbocycles. The lowest BCUT2D eigenvalue weighted by Gasteiger charge is -2.30. The van der Waals surface area contributed by atoms with Gasteiger partial charge in [0.15, 0.2) is 0 Å². The SMILES string of the molecule is CC1CO[C@@H](C)CC1C. The van der Waals surface area contributed by atoms with Gasteiger partial charge in [0, 0.05) is 6.61 Å². The van der Waals surface area contributed by atoms with E-state index in [9.17, 15) is 0 Å². The zero-order chi connectivity index (χ0) is 6.85. The van der Waals surface area contributed by atoms with Gasteiger partial charge in [-0.3, -0.25) is 0 Å². The molecule has 1 aliphatic rings. The first-order valence-electron chi connectivity index (χ1n) is 3.81. The summed E-state index contributed by atoms with van der Waals surface area (Å²) in [4.78, 5) is 0. The van der Waals surface area contributed by atoms with Crippen molar-refractivity contribution < 1.29 is 4.74 Å². The Bertz CT molecular complexity index is 90.6. The fraction of sp³-hybridized carbons (Fsp3) is 1.00. The molecule has 1 aliphatic heterocycles. The molecule has 1 saturated heterocycles. The molecule has 1 fully saturated rings. The van der Waals surface area contributed by atoms with E-state index in [0.29, 0.717) is 6.10 Å². The average molecular weight is 128 g/mol. The molecule has 1 rings (SSSR count). The molecule has 1 heteroatoms. The molecule has 1 heterocycles. The van der Waals surface area contributed by atoms with Crippen LogP contribution in [0, 0.1) is 11.8 Å². The summed E-state index contributed by atoms with van der Waals surface area (Å²) in [5, 5.41) is 0. The van der Waals surface area contributed by atoms with Crippen molar-refractivity contribution in [1.82, 2.24) is 0 Å². The summed E-state index contributed by atoms with van der Waals surface area (Å²) in [6.07, 6.45) is 1.73. The third kappa shape index (κ3) is 1.68. The van der Waals surface area contributed by atoms with E-state index in [1.54, 1.807) is 0 Å². The van der Waals surface area contributed by atoms with E-state index in [-0.39, 0.29) is 0 Å². The molecule has 54 valence electrons. The van der Waals surface area contributed by atoms with Gasteiger partial charge in [0.05, 0.1) is 6.10 Å². The number of rotatable bonds is 0. The summed E-state index contributed by atoms with van der Waals surface area (Å²) in [5.41, 5.74) is 0. The van der Waals surface area contributed by atoms with Gasteiger partial charge in [-0.1, -0.05) is 13.8 Å². The molecular formula is C8H16O. The molecule has 0 aromatic carbocycles. The Hall–Kier alpha value is -0.0400. The summed E-state index contributed by atoms with van der Waals surface area (Å²) in [6.45, 7) is 7.69. The third-order valence-electron chi connectivity index (χ3n) is 2.32. The lowest BCUT2D eigenvalue weighted by atomic mass is 9.89. The zero-order valence-electron chi connectivity index (χ0n) is 6.55. The molecule has 0 bridgehead atoms. The van der Waals surface area contributed by atoms with Gasteiger partial charge in [-0.25, -0.2) is 0 Å². The first-order chi connectivity index (χ1) is 4.20. The van der Waals surface area contributed by atoms with Crippen LogP contribution in [0.25, 0.3) is 0 Å². The molecule has 1 nitrogen and oxygen atoms in total. The van der Waals surface area contributed by atoms with Gasteiger partial charge >= 0.3 is 0 Å². The predicted molar refractivity (Wildman–Crippen MR) is 38.4 cm³/mol. The lowest BCUT2D eigenvalue weighted by Crippen LogP contribution is -2.28. The van der Waals surface area contributed by atoms with E-state index in [4.69, 9.17) is 4.74 Å². The number of hydrogen-bond donors (Lipinski definition) is 0. The van der Waals surface area contributed by atoms with Gasteiger partial charge < -0.3 is 4.74 Å². The normalized spacial score (nSPS) is 45.0. The van der Waals surface area contributed by atoms with Crippen LogP contribution in [0.1, 0.15) is 27.2 Å². The highest BCUT2D eigenvalue weighted by Crippen LogP contribution is 2.23. The molecule has 0 aromatic rings. The maximum Gasteiger partial charge on any atom is 0.0549 e. The lowest BCUT2D eigenvalue weighted by molar-refractivity contribution is -0.0263. The molecule has 9 heavy (non-hydrogen) atoms. The van der Waals surface area contributed by atoms with Crippen molar-refractivity contribution in [3.05, 3.63) is 0 Å². The van der Waals surface area contributed by atoms with Crippen LogP contribution in [0.15, 0.2) is 0 Å². The molecule has 0 radical (unpaired) electrons. The molecule has 0 N–H and O–H groups in total. The Balaban J connectivity index is 2.35. The van der Waals surface area contributed by atoms with Crippen LogP contribution >= 0.6 is 0 Å².